The van der Waals surface area contributed by atoms with Gasteiger partial charge in [-0.1, -0.05) is 43.7 Å². The van der Waals surface area contributed by atoms with Crippen molar-refractivity contribution in [2.24, 2.45) is 0 Å². The molecule has 0 unspecified atom stereocenters. The summed E-state index contributed by atoms with van der Waals surface area (Å²) in [6, 6.07) is 6.32. The number of nitrogens with one attached hydrogen (secondary N) is 2. The lowest BCUT2D eigenvalue weighted by atomic mass is 9.93. The normalized spacial score (nSPS) is 21.0. The van der Waals surface area contributed by atoms with Crippen molar-refractivity contribution in [2.75, 3.05) is 23.7 Å². The number of hydrogen-bond acceptors (Lipinski definition) is 3. The van der Waals surface area contributed by atoms with Crippen molar-refractivity contribution in [2.45, 2.75) is 69.9 Å². The van der Waals surface area contributed by atoms with Gasteiger partial charge in [0.05, 0.1) is 11.4 Å². The average Bonchev–Trinajstić information content (AvgIpc) is 2.58. The number of nitrogens with zero attached hydrogens (tertiary/aromatic N) is 1. The van der Waals surface area contributed by atoms with E-state index in [2.05, 4.69) is 15.5 Å². The van der Waals surface area contributed by atoms with Crippen LogP contribution in [-0.2, 0) is 0 Å². The fourth-order valence-electron chi connectivity index (χ4n) is 4.29. The molecule has 0 atom stereocenters. The van der Waals surface area contributed by atoms with Gasteiger partial charge in [0.1, 0.15) is 0 Å². The highest BCUT2D eigenvalue weighted by molar-refractivity contribution is 6.31. The number of amides is 1. The van der Waals surface area contributed by atoms with Crippen LogP contribution >= 0.6 is 11.6 Å². The number of anilines is 2. The molecule has 26 heavy (non-hydrogen) atoms. The average molecular weight is 380 g/mol. The Hall–Kier alpha value is -1.46. The molecular weight excluding hydrogens is 350 g/mol. The molecular formula is C20H30ClN3O2. The first-order chi connectivity index (χ1) is 12.6. The molecule has 144 valence electrons. The minimum atomic E-state index is -1.06. The van der Waals surface area contributed by atoms with E-state index in [4.69, 9.17) is 16.7 Å². The third-order valence-electron chi connectivity index (χ3n) is 5.70. The monoisotopic (exact) mass is 379 g/mol. The molecule has 3 N–H and O–H groups in total. The molecule has 0 bridgehead atoms. The Morgan fingerprint density at radius 2 is 1.65 bits per heavy atom. The lowest BCUT2D eigenvalue weighted by Crippen LogP contribution is -2.44. The first-order valence-corrected chi connectivity index (χ1v) is 10.3. The lowest BCUT2D eigenvalue weighted by Gasteiger charge is -2.39. The quantitative estimate of drug-likeness (QED) is 0.653. The molecule has 1 heterocycles. The number of carboxylic acid groups (broad SMARTS) is 1. The number of benzene rings is 1. The maximum Gasteiger partial charge on any atom is 0.409 e. The predicted molar refractivity (Wildman–Crippen MR) is 107 cm³/mol. The number of piperidine rings is 1. The van der Waals surface area contributed by atoms with Crippen LogP contribution in [0.3, 0.4) is 0 Å². The van der Waals surface area contributed by atoms with Gasteiger partial charge in [0.25, 0.3) is 0 Å². The molecule has 0 radical (unpaired) electrons. The lowest BCUT2D eigenvalue weighted by molar-refractivity contribution is 0.133. The van der Waals surface area contributed by atoms with Gasteiger partial charge in [-0.05, 0) is 43.9 Å². The molecule has 1 aliphatic carbocycles. The summed E-state index contributed by atoms with van der Waals surface area (Å²) < 4.78 is 0. The van der Waals surface area contributed by atoms with Gasteiger partial charge in [0.15, 0.2) is 0 Å². The maximum atomic E-state index is 11.0. The van der Waals surface area contributed by atoms with Crippen molar-refractivity contribution < 1.29 is 9.90 Å². The van der Waals surface area contributed by atoms with Gasteiger partial charge in [0.2, 0.25) is 0 Å². The van der Waals surface area contributed by atoms with Gasteiger partial charge in [-0.2, -0.15) is 0 Å². The molecule has 3 rings (SSSR count). The zero-order chi connectivity index (χ0) is 18.4. The van der Waals surface area contributed by atoms with Crippen molar-refractivity contribution in [3.8, 4) is 0 Å². The SMILES string of the molecule is O=C(O)Nc1ccc(Cl)cc1NC1CCN(C2CCCCCCC2)CC1. The van der Waals surface area contributed by atoms with Gasteiger partial charge >= 0.3 is 6.09 Å². The Morgan fingerprint density at radius 3 is 2.31 bits per heavy atom. The third-order valence-corrected chi connectivity index (χ3v) is 5.94. The molecule has 6 heteroatoms. The van der Waals surface area contributed by atoms with Crippen molar-refractivity contribution in [3.63, 3.8) is 0 Å². The highest BCUT2D eigenvalue weighted by atomic mass is 35.5. The van der Waals surface area contributed by atoms with Crippen LogP contribution in [-0.4, -0.2) is 41.3 Å². The topological polar surface area (TPSA) is 64.6 Å². The van der Waals surface area contributed by atoms with E-state index in [1.165, 1.54) is 44.9 Å². The highest BCUT2D eigenvalue weighted by Crippen LogP contribution is 2.29. The van der Waals surface area contributed by atoms with Crippen LogP contribution in [0.1, 0.15) is 57.8 Å². The first kappa shape index (κ1) is 19.3. The van der Waals surface area contributed by atoms with Crippen LogP contribution in [0.15, 0.2) is 18.2 Å². The molecule has 1 saturated carbocycles. The second-order valence-corrected chi connectivity index (χ2v) is 8.01. The summed E-state index contributed by atoms with van der Waals surface area (Å²) in [6.07, 6.45) is 10.7. The number of hydrogen-bond donors (Lipinski definition) is 3. The van der Waals surface area contributed by atoms with Gasteiger partial charge in [-0.15, -0.1) is 0 Å². The Bertz CT molecular complexity index is 595. The third kappa shape index (κ3) is 5.52. The maximum absolute atomic E-state index is 11.0. The smallest absolute Gasteiger partial charge is 0.409 e. The zero-order valence-electron chi connectivity index (χ0n) is 15.3. The summed E-state index contributed by atoms with van der Waals surface area (Å²) in [5, 5.41) is 15.6. The largest absolute Gasteiger partial charge is 0.465 e. The van der Waals surface area contributed by atoms with Crippen molar-refractivity contribution in [1.29, 1.82) is 0 Å². The number of carbonyl (C=O) groups is 1. The highest BCUT2D eigenvalue weighted by Gasteiger charge is 2.25. The molecule has 1 saturated heterocycles. The van der Waals surface area contributed by atoms with Crippen LogP contribution in [0.25, 0.3) is 0 Å². The van der Waals surface area contributed by atoms with Crippen LogP contribution in [0.5, 0.6) is 0 Å². The molecule has 0 spiro atoms. The second kappa shape index (κ2) is 9.47. The van der Waals surface area contributed by atoms with Crippen LogP contribution in [0.2, 0.25) is 5.02 Å². The minimum absolute atomic E-state index is 0.354. The first-order valence-electron chi connectivity index (χ1n) is 9.92. The van der Waals surface area contributed by atoms with E-state index in [1.54, 1.807) is 18.2 Å². The standard InChI is InChI=1S/C20H30ClN3O2/c21-15-8-9-18(23-20(25)26)19(14-15)22-16-10-12-24(13-11-16)17-6-4-2-1-3-5-7-17/h8-9,14,16-17,22-23H,1-7,10-13H2,(H,25,26). The molecule has 0 aromatic heterocycles. The summed E-state index contributed by atoms with van der Waals surface area (Å²) in [5.74, 6) is 0. The Kier molecular flexibility index (Phi) is 7.03. The summed E-state index contributed by atoms with van der Waals surface area (Å²) in [6.45, 7) is 2.23. The predicted octanol–water partition coefficient (Wildman–Crippen LogP) is 5.42. The van der Waals surface area contributed by atoms with Crippen LogP contribution in [0.4, 0.5) is 16.2 Å². The van der Waals surface area contributed by atoms with Gasteiger partial charge in [-0.3, -0.25) is 5.32 Å². The molecule has 2 fully saturated rings. The summed E-state index contributed by atoms with van der Waals surface area (Å²) in [5.41, 5.74) is 1.33. The van der Waals surface area contributed by atoms with E-state index < -0.39 is 6.09 Å². The molecule has 1 aliphatic heterocycles. The molecule has 1 aromatic rings. The van der Waals surface area contributed by atoms with Crippen molar-refractivity contribution in [1.82, 2.24) is 4.90 Å². The molecule has 5 nitrogen and oxygen atoms in total. The number of halogens is 1. The fraction of sp³-hybridized carbons (Fsp3) is 0.650. The van der Waals surface area contributed by atoms with E-state index >= 15 is 0 Å². The van der Waals surface area contributed by atoms with Gasteiger partial charge < -0.3 is 15.3 Å². The minimum Gasteiger partial charge on any atom is -0.465 e. The second-order valence-electron chi connectivity index (χ2n) is 7.57. The number of rotatable bonds is 4. The van der Waals surface area contributed by atoms with Crippen molar-refractivity contribution >= 4 is 29.1 Å². The van der Waals surface area contributed by atoms with Crippen molar-refractivity contribution in [3.05, 3.63) is 23.2 Å². The van der Waals surface area contributed by atoms with Gasteiger partial charge in [0, 0.05) is 30.2 Å². The zero-order valence-corrected chi connectivity index (χ0v) is 16.1. The molecule has 2 aliphatic rings. The summed E-state index contributed by atoms with van der Waals surface area (Å²) >= 11 is 6.10. The fourth-order valence-corrected chi connectivity index (χ4v) is 4.46. The van der Waals surface area contributed by atoms with Gasteiger partial charge in [-0.25, -0.2) is 4.79 Å². The van der Waals surface area contributed by atoms with Crippen LogP contribution < -0.4 is 10.6 Å². The summed E-state index contributed by atoms with van der Waals surface area (Å²) in [4.78, 5) is 13.7. The van der Waals surface area contributed by atoms with E-state index in [0.717, 1.165) is 37.7 Å². The molecule has 1 amide bonds. The Morgan fingerprint density at radius 1 is 1.00 bits per heavy atom. The van der Waals surface area contributed by atoms with E-state index in [0.29, 0.717) is 16.8 Å². The van der Waals surface area contributed by atoms with E-state index in [1.807, 2.05) is 0 Å². The Labute approximate surface area is 161 Å². The van der Waals surface area contributed by atoms with E-state index in [-0.39, 0.29) is 0 Å². The van der Waals surface area contributed by atoms with Crippen LogP contribution in [0, 0.1) is 0 Å². The number of likely N-dealkylation sites (tertiary alicyclic amines) is 1. The Balaban J connectivity index is 1.55. The molecule has 1 aromatic carbocycles. The van der Waals surface area contributed by atoms with E-state index in [9.17, 15) is 4.79 Å². The summed E-state index contributed by atoms with van der Waals surface area (Å²) in [7, 11) is 0.